The van der Waals surface area contributed by atoms with Crippen LogP contribution >= 0.6 is 0 Å². The molecule has 17 heavy (non-hydrogen) atoms. The van der Waals surface area contributed by atoms with Gasteiger partial charge in [0.05, 0.1) is 12.8 Å². The van der Waals surface area contributed by atoms with Crippen LogP contribution in [0.25, 0.3) is 0 Å². The topological polar surface area (TPSA) is 87.2 Å². The molecule has 0 aliphatic heterocycles. The van der Waals surface area contributed by atoms with Gasteiger partial charge in [-0.05, 0) is 5.92 Å². The molecule has 0 bridgehead atoms. The molecule has 7 heteroatoms. The van der Waals surface area contributed by atoms with Gasteiger partial charge in [0.25, 0.3) is 11.5 Å². The maximum absolute atomic E-state index is 13.0. The summed E-state index contributed by atoms with van der Waals surface area (Å²) >= 11 is 0. The largest absolute Gasteiger partial charge is 0.364 e. The Bertz CT molecular complexity index is 470. The van der Waals surface area contributed by atoms with Crippen LogP contribution in [0.5, 0.6) is 0 Å². The van der Waals surface area contributed by atoms with Gasteiger partial charge < -0.3 is 10.5 Å². The molecule has 0 fully saturated rings. The van der Waals surface area contributed by atoms with Crippen molar-refractivity contribution >= 4 is 5.91 Å². The SMILES string of the molecule is CC(C)COCn1cc(F)nc(C(N)=O)c1=O. The van der Waals surface area contributed by atoms with Crippen molar-refractivity contribution in [3.8, 4) is 0 Å². The van der Waals surface area contributed by atoms with E-state index in [1.165, 1.54) is 0 Å². The third-order valence-electron chi connectivity index (χ3n) is 1.86. The first kappa shape index (κ1) is 13.3. The van der Waals surface area contributed by atoms with Gasteiger partial charge in [0.15, 0.2) is 5.69 Å². The predicted molar refractivity (Wildman–Crippen MR) is 57.8 cm³/mol. The van der Waals surface area contributed by atoms with Gasteiger partial charge >= 0.3 is 0 Å². The number of rotatable bonds is 5. The number of aromatic nitrogens is 2. The number of amides is 1. The Kier molecular flexibility index (Phi) is 4.33. The molecule has 1 aromatic rings. The fraction of sp³-hybridized carbons (Fsp3) is 0.500. The van der Waals surface area contributed by atoms with Crippen LogP contribution in [0.15, 0.2) is 11.0 Å². The van der Waals surface area contributed by atoms with E-state index < -0.39 is 23.1 Å². The Morgan fingerprint density at radius 1 is 1.65 bits per heavy atom. The summed E-state index contributed by atoms with van der Waals surface area (Å²) in [5.41, 5.74) is 3.52. The van der Waals surface area contributed by atoms with Crippen LogP contribution in [-0.2, 0) is 11.5 Å². The Balaban J connectivity index is 2.92. The van der Waals surface area contributed by atoms with Crippen LogP contribution in [0, 0.1) is 11.9 Å². The van der Waals surface area contributed by atoms with Crippen LogP contribution in [0.3, 0.4) is 0 Å². The first-order valence-electron chi connectivity index (χ1n) is 5.06. The molecule has 0 radical (unpaired) electrons. The molecule has 1 aromatic heterocycles. The second-order valence-corrected chi connectivity index (χ2v) is 3.95. The van der Waals surface area contributed by atoms with E-state index in [-0.39, 0.29) is 12.6 Å². The van der Waals surface area contributed by atoms with Gasteiger partial charge in [-0.1, -0.05) is 13.8 Å². The van der Waals surface area contributed by atoms with E-state index in [9.17, 15) is 14.0 Å². The van der Waals surface area contributed by atoms with Gasteiger partial charge in [-0.15, -0.1) is 0 Å². The number of hydrogen-bond acceptors (Lipinski definition) is 4. The van der Waals surface area contributed by atoms with Crippen molar-refractivity contribution in [3.05, 3.63) is 28.2 Å². The third kappa shape index (κ3) is 3.63. The fourth-order valence-corrected chi connectivity index (χ4v) is 1.15. The minimum Gasteiger partial charge on any atom is -0.364 e. The molecule has 0 aromatic carbocycles. The van der Waals surface area contributed by atoms with Crippen LogP contribution < -0.4 is 11.3 Å². The van der Waals surface area contributed by atoms with Crippen molar-refractivity contribution in [1.82, 2.24) is 9.55 Å². The molecule has 1 heterocycles. The Labute approximate surface area is 97.2 Å². The minimum atomic E-state index is -1.06. The van der Waals surface area contributed by atoms with Crippen molar-refractivity contribution in [1.29, 1.82) is 0 Å². The normalized spacial score (nSPS) is 10.8. The summed E-state index contributed by atoms with van der Waals surface area (Å²) in [6.07, 6.45) is 0.870. The highest BCUT2D eigenvalue weighted by Gasteiger charge is 2.13. The Morgan fingerprint density at radius 2 is 2.29 bits per heavy atom. The first-order valence-corrected chi connectivity index (χ1v) is 5.06. The Hall–Kier alpha value is -1.76. The lowest BCUT2D eigenvalue weighted by Crippen LogP contribution is -2.32. The van der Waals surface area contributed by atoms with Gasteiger partial charge in [0.1, 0.15) is 6.73 Å². The molecule has 6 nitrogen and oxygen atoms in total. The molecule has 0 aliphatic rings. The van der Waals surface area contributed by atoms with Crippen molar-refractivity contribution in [2.75, 3.05) is 6.61 Å². The quantitative estimate of drug-likeness (QED) is 0.795. The molecule has 1 amide bonds. The number of nitrogens with zero attached hydrogens (tertiary/aromatic N) is 2. The molecule has 0 aliphatic carbocycles. The summed E-state index contributed by atoms with van der Waals surface area (Å²) < 4.78 is 19.1. The summed E-state index contributed by atoms with van der Waals surface area (Å²) in [4.78, 5) is 25.6. The number of hydrogen-bond donors (Lipinski definition) is 1. The highest BCUT2D eigenvalue weighted by Crippen LogP contribution is 1.96. The molecular formula is C10H14FN3O3. The number of carbonyl (C=O) groups excluding carboxylic acids is 1. The molecule has 0 unspecified atom stereocenters. The van der Waals surface area contributed by atoms with E-state index >= 15 is 0 Å². The standard InChI is InChI=1S/C10H14FN3O3/c1-6(2)4-17-5-14-3-7(11)13-8(9(12)15)10(14)16/h3,6H,4-5H2,1-2H3,(H2,12,15). The highest BCUT2D eigenvalue weighted by atomic mass is 19.1. The van der Waals surface area contributed by atoms with E-state index in [1.807, 2.05) is 13.8 Å². The van der Waals surface area contributed by atoms with Gasteiger partial charge in [-0.25, -0.2) is 4.98 Å². The second-order valence-electron chi connectivity index (χ2n) is 3.95. The van der Waals surface area contributed by atoms with Crippen LogP contribution in [0.1, 0.15) is 24.3 Å². The van der Waals surface area contributed by atoms with E-state index in [1.54, 1.807) is 0 Å². The maximum Gasteiger partial charge on any atom is 0.284 e. The Morgan fingerprint density at radius 3 is 2.82 bits per heavy atom. The highest BCUT2D eigenvalue weighted by molar-refractivity contribution is 5.90. The average Bonchev–Trinajstić information content (AvgIpc) is 2.21. The third-order valence-corrected chi connectivity index (χ3v) is 1.86. The molecule has 1 rings (SSSR count). The van der Waals surface area contributed by atoms with Gasteiger partial charge in [-0.2, -0.15) is 4.39 Å². The summed E-state index contributed by atoms with van der Waals surface area (Å²) in [5, 5.41) is 0. The van der Waals surface area contributed by atoms with E-state index in [2.05, 4.69) is 4.98 Å². The zero-order valence-corrected chi connectivity index (χ0v) is 9.64. The zero-order valence-electron chi connectivity index (χ0n) is 9.64. The molecule has 0 spiro atoms. The van der Waals surface area contributed by atoms with Crippen molar-refractivity contribution in [3.63, 3.8) is 0 Å². The van der Waals surface area contributed by atoms with Crippen molar-refractivity contribution in [2.24, 2.45) is 11.7 Å². The van der Waals surface area contributed by atoms with E-state index in [0.29, 0.717) is 6.61 Å². The van der Waals surface area contributed by atoms with Crippen molar-refractivity contribution < 1.29 is 13.9 Å². The number of nitrogens with two attached hydrogens (primary N) is 1. The lowest BCUT2D eigenvalue weighted by Gasteiger charge is -2.09. The smallest absolute Gasteiger partial charge is 0.284 e. The molecule has 2 N–H and O–H groups in total. The number of carbonyl (C=O) groups is 1. The molecular weight excluding hydrogens is 229 g/mol. The second kappa shape index (κ2) is 5.53. The van der Waals surface area contributed by atoms with Crippen LogP contribution in [0.4, 0.5) is 4.39 Å². The number of halogens is 1. The molecule has 0 saturated heterocycles. The summed E-state index contributed by atoms with van der Waals surface area (Å²) in [7, 11) is 0. The summed E-state index contributed by atoms with van der Waals surface area (Å²) in [6.45, 7) is 4.15. The number of ether oxygens (including phenoxy) is 1. The maximum atomic E-state index is 13.0. The van der Waals surface area contributed by atoms with E-state index in [4.69, 9.17) is 10.5 Å². The predicted octanol–water partition coefficient (Wildman–Crippen LogP) is 0.111. The lowest BCUT2D eigenvalue weighted by atomic mass is 10.2. The molecule has 0 atom stereocenters. The van der Waals surface area contributed by atoms with Crippen LogP contribution in [0.2, 0.25) is 0 Å². The summed E-state index contributed by atoms with van der Waals surface area (Å²) in [5.74, 6) is -1.73. The minimum absolute atomic E-state index is 0.142. The monoisotopic (exact) mass is 243 g/mol. The zero-order chi connectivity index (χ0) is 13.0. The van der Waals surface area contributed by atoms with Gasteiger partial charge in [-0.3, -0.25) is 14.2 Å². The lowest BCUT2D eigenvalue weighted by molar-refractivity contribution is 0.0545. The fourth-order valence-electron chi connectivity index (χ4n) is 1.15. The van der Waals surface area contributed by atoms with Gasteiger partial charge in [0.2, 0.25) is 5.95 Å². The van der Waals surface area contributed by atoms with Crippen LogP contribution in [-0.4, -0.2) is 22.1 Å². The first-order chi connectivity index (χ1) is 7.91. The van der Waals surface area contributed by atoms with Gasteiger partial charge in [0, 0.05) is 0 Å². The number of primary amides is 1. The van der Waals surface area contributed by atoms with E-state index in [0.717, 1.165) is 10.8 Å². The van der Waals surface area contributed by atoms with Crippen molar-refractivity contribution in [2.45, 2.75) is 20.6 Å². The summed E-state index contributed by atoms with van der Waals surface area (Å²) in [6, 6.07) is 0. The molecule has 94 valence electrons. The molecule has 0 saturated carbocycles. The average molecular weight is 243 g/mol.